The van der Waals surface area contributed by atoms with Gasteiger partial charge in [-0.05, 0) is 49.4 Å². The number of aryl methyl sites for hydroxylation is 1. The van der Waals surface area contributed by atoms with Gasteiger partial charge in [0.05, 0.1) is 29.8 Å². The Morgan fingerprint density at radius 3 is 2.48 bits per heavy atom. The highest BCUT2D eigenvalue weighted by Gasteiger charge is 2.31. The smallest absolute Gasteiger partial charge is 0.416 e. The fraction of sp³-hybridized carbons (Fsp3) is 0.190. The second-order valence-electron chi connectivity index (χ2n) is 6.64. The zero-order chi connectivity index (χ0) is 22.0. The van der Waals surface area contributed by atoms with Crippen LogP contribution in [0.15, 0.2) is 64.3 Å². The Bertz CT molecular complexity index is 1190. The van der Waals surface area contributed by atoms with Gasteiger partial charge in [0.15, 0.2) is 11.0 Å². The minimum absolute atomic E-state index is 0.307. The summed E-state index contributed by atoms with van der Waals surface area (Å²) in [7, 11) is 1.56. The molecule has 0 aliphatic rings. The first-order valence-electron chi connectivity index (χ1n) is 9.17. The van der Waals surface area contributed by atoms with Gasteiger partial charge in [-0.15, -0.1) is 10.2 Å². The van der Waals surface area contributed by atoms with E-state index in [0.717, 1.165) is 17.8 Å². The van der Waals surface area contributed by atoms with Gasteiger partial charge in [0.25, 0.3) is 0 Å². The molecule has 0 saturated carbocycles. The number of hydrogen-bond acceptors (Lipinski definition) is 6. The second kappa shape index (κ2) is 8.46. The molecule has 2 heterocycles. The molecule has 0 saturated heterocycles. The quantitative estimate of drug-likeness (QED) is 0.362. The number of ether oxygens (including phenoxy) is 1. The van der Waals surface area contributed by atoms with Crippen molar-refractivity contribution in [1.29, 1.82) is 0 Å². The lowest BCUT2D eigenvalue weighted by atomic mass is 10.1. The van der Waals surface area contributed by atoms with E-state index in [0.29, 0.717) is 39.5 Å². The molecule has 0 amide bonds. The third-order valence-electron chi connectivity index (χ3n) is 4.43. The third kappa shape index (κ3) is 4.58. The number of halogens is 3. The number of methoxy groups -OCH3 is 1. The molecule has 4 rings (SSSR count). The molecule has 0 unspecified atom stereocenters. The number of alkyl halides is 3. The van der Waals surface area contributed by atoms with Crippen LogP contribution < -0.4 is 4.74 Å². The molecular formula is C21H17F3N4O2S. The molecule has 10 heteroatoms. The molecule has 160 valence electrons. The molecule has 0 fully saturated rings. The second-order valence-corrected chi connectivity index (χ2v) is 7.58. The Balaban J connectivity index is 1.77. The summed E-state index contributed by atoms with van der Waals surface area (Å²) in [5.74, 6) is 2.11. The summed E-state index contributed by atoms with van der Waals surface area (Å²) in [5, 5.41) is 12.8. The molecule has 2 aromatic heterocycles. The van der Waals surface area contributed by atoms with E-state index in [2.05, 4.69) is 15.4 Å². The first-order valence-corrected chi connectivity index (χ1v) is 10.2. The minimum Gasteiger partial charge on any atom is -0.497 e. The molecule has 0 aliphatic carbocycles. The van der Waals surface area contributed by atoms with Crippen LogP contribution >= 0.6 is 11.8 Å². The monoisotopic (exact) mass is 446 g/mol. The lowest BCUT2D eigenvalue weighted by Gasteiger charge is -2.13. The van der Waals surface area contributed by atoms with Gasteiger partial charge >= 0.3 is 6.18 Å². The van der Waals surface area contributed by atoms with Gasteiger partial charge in [-0.2, -0.15) is 13.2 Å². The lowest BCUT2D eigenvalue weighted by Crippen LogP contribution is -2.07. The van der Waals surface area contributed by atoms with Gasteiger partial charge in [0, 0.05) is 11.6 Å². The van der Waals surface area contributed by atoms with Crippen molar-refractivity contribution in [2.75, 3.05) is 7.11 Å². The Morgan fingerprint density at radius 2 is 1.84 bits per heavy atom. The maximum absolute atomic E-state index is 13.3. The van der Waals surface area contributed by atoms with Crippen molar-refractivity contribution in [2.24, 2.45) is 0 Å². The molecule has 0 radical (unpaired) electrons. The summed E-state index contributed by atoms with van der Waals surface area (Å²) in [6.07, 6.45) is -4.46. The number of rotatable bonds is 6. The standard InChI is InChI=1S/C21H17F3N4O2S/c1-13-10-18(30-27-13)12-31-20-26-25-19(14-6-8-17(29-2)9-7-14)28(20)16-5-3-4-15(11-16)21(22,23)24/h3-11H,12H2,1-2H3. The van der Waals surface area contributed by atoms with E-state index >= 15 is 0 Å². The van der Waals surface area contributed by atoms with Crippen LogP contribution in [0.5, 0.6) is 5.75 Å². The van der Waals surface area contributed by atoms with Gasteiger partial charge in [-0.3, -0.25) is 4.57 Å². The molecule has 0 spiro atoms. The van der Waals surface area contributed by atoms with E-state index in [1.165, 1.54) is 17.8 Å². The topological polar surface area (TPSA) is 66.0 Å². The van der Waals surface area contributed by atoms with Crippen molar-refractivity contribution in [2.45, 2.75) is 24.0 Å². The van der Waals surface area contributed by atoms with Crippen molar-refractivity contribution in [3.8, 4) is 22.8 Å². The summed E-state index contributed by atoms with van der Waals surface area (Å²) in [6, 6.07) is 13.9. The van der Waals surface area contributed by atoms with E-state index in [1.54, 1.807) is 48.1 Å². The molecule has 0 atom stereocenters. The molecule has 2 aromatic carbocycles. The van der Waals surface area contributed by atoms with E-state index in [4.69, 9.17) is 9.26 Å². The average Bonchev–Trinajstić information content (AvgIpc) is 3.37. The average molecular weight is 446 g/mol. The summed E-state index contributed by atoms with van der Waals surface area (Å²) >= 11 is 1.29. The Labute approximate surface area is 180 Å². The summed E-state index contributed by atoms with van der Waals surface area (Å²) in [6.45, 7) is 1.81. The fourth-order valence-electron chi connectivity index (χ4n) is 2.96. The van der Waals surface area contributed by atoms with Crippen molar-refractivity contribution in [3.05, 3.63) is 71.6 Å². The van der Waals surface area contributed by atoms with Gasteiger partial charge < -0.3 is 9.26 Å². The van der Waals surface area contributed by atoms with Gasteiger partial charge in [-0.1, -0.05) is 23.0 Å². The molecule has 4 aromatic rings. The Hall–Kier alpha value is -3.27. The lowest BCUT2D eigenvalue weighted by molar-refractivity contribution is -0.137. The van der Waals surface area contributed by atoms with Crippen LogP contribution in [0, 0.1) is 6.92 Å². The molecule has 0 aliphatic heterocycles. The van der Waals surface area contributed by atoms with Gasteiger partial charge in [-0.25, -0.2) is 0 Å². The van der Waals surface area contributed by atoms with E-state index in [1.807, 2.05) is 6.92 Å². The molecule has 31 heavy (non-hydrogen) atoms. The Kier molecular flexibility index (Phi) is 5.73. The highest BCUT2D eigenvalue weighted by molar-refractivity contribution is 7.98. The van der Waals surface area contributed by atoms with Crippen LogP contribution in [0.3, 0.4) is 0 Å². The SMILES string of the molecule is COc1ccc(-c2nnc(SCc3cc(C)no3)n2-c2cccc(C(F)(F)F)c2)cc1. The molecule has 0 N–H and O–H groups in total. The van der Waals surface area contributed by atoms with Crippen molar-refractivity contribution in [1.82, 2.24) is 19.9 Å². The number of thioether (sulfide) groups is 1. The minimum atomic E-state index is -4.46. The molecular weight excluding hydrogens is 429 g/mol. The summed E-state index contributed by atoms with van der Waals surface area (Å²) in [4.78, 5) is 0. The normalized spacial score (nSPS) is 11.6. The van der Waals surface area contributed by atoms with Crippen LogP contribution in [0.4, 0.5) is 13.2 Å². The number of hydrogen-bond donors (Lipinski definition) is 0. The van der Waals surface area contributed by atoms with Crippen LogP contribution in [-0.2, 0) is 11.9 Å². The first kappa shape index (κ1) is 21.0. The Morgan fingerprint density at radius 1 is 1.06 bits per heavy atom. The molecule has 6 nitrogen and oxygen atoms in total. The van der Waals surface area contributed by atoms with E-state index in [-0.39, 0.29) is 0 Å². The van der Waals surface area contributed by atoms with Gasteiger partial charge in [0.2, 0.25) is 0 Å². The number of benzene rings is 2. The highest BCUT2D eigenvalue weighted by atomic mass is 32.2. The number of aromatic nitrogens is 4. The van der Waals surface area contributed by atoms with Crippen LogP contribution in [0.25, 0.3) is 17.1 Å². The third-order valence-corrected chi connectivity index (χ3v) is 5.38. The van der Waals surface area contributed by atoms with Crippen molar-refractivity contribution < 1.29 is 22.4 Å². The highest BCUT2D eigenvalue weighted by Crippen LogP contribution is 2.34. The summed E-state index contributed by atoms with van der Waals surface area (Å²) < 4.78 is 51.9. The van der Waals surface area contributed by atoms with E-state index in [9.17, 15) is 13.2 Å². The van der Waals surface area contributed by atoms with E-state index < -0.39 is 11.7 Å². The fourth-order valence-corrected chi connectivity index (χ4v) is 3.79. The van der Waals surface area contributed by atoms with Crippen LogP contribution in [0.1, 0.15) is 17.0 Å². The predicted molar refractivity (Wildman–Crippen MR) is 109 cm³/mol. The largest absolute Gasteiger partial charge is 0.497 e. The molecule has 0 bridgehead atoms. The van der Waals surface area contributed by atoms with Crippen LogP contribution in [-0.4, -0.2) is 27.0 Å². The van der Waals surface area contributed by atoms with Crippen LogP contribution in [0.2, 0.25) is 0 Å². The van der Waals surface area contributed by atoms with Crippen molar-refractivity contribution in [3.63, 3.8) is 0 Å². The first-order chi connectivity index (χ1) is 14.8. The predicted octanol–water partition coefficient (Wildman–Crippen LogP) is 5.55. The maximum Gasteiger partial charge on any atom is 0.416 e. The maximum atomic E-state index is 13.3. The van der Waals surface area contributed by atoms with Crippen molar-refractivity contribution >= 4 is 11.8 Å². The zero-order valence-electron chi connectivity index (χ0n) is 16.6. The van der Waals surface area contributed by atoms with Gasteiger partial charge in [0.1, 0.15) is 11.5 Å². The summed E-state index contributed by atoms with van der Waals surface area (Å²) in [5.41, 5.74) is 0.991. The number of nitrogens with zero attached hydrogens (tertiary/aromatic N) is 4. The zero-order valence-corrected chi connectivity index (χ0v) is 17.4.